The summed E-state index contributed by atoms with van der Waals surface area (Å²) < 4.78 is 0.288. The van der Waals surface area contributed by atoms with Crippen molar-refractivity contribution in [2.75, 3.05) is 0 Å². The van der Waals surface area contributed by atoms with Gasteiger partial charge < -0.3 is 0 Å². The van der Waals surface area contributed by atoms with Gasteiger partial charge in [-0.15, -0.1) is 0 Å². The Morgan fingerprint density at radius 3 is 1.92 bits per heavy atom. The van der Waals surface area contributed by atoms with Gasteiger partial charge in [-0.2, -0.15) is 0 Å². The predicted molar refractivity (Wildman–Crippen MR) is 83.6 cm³/mol. The number of benzene rings is 1. The van der Waals surface area contributed by atoms with E-state index in [1.807, 2.05) is 12.2 Å². The molecule has 1 aromatic rings. The van der Waals surface area contributed by atoms with E-state index in [0.29, 0.717) is 5.78 Å². The molecule has 0 saturated carbocycles. The van der Waals surface area contributed by atoms with Crippen molar-refractivity contribution in [1.29, 1.82) is 0 Å². The van der Waals surface area contributed by atoms with E-state index in [2.05, 4.69) is 0 Å². The first-order chi connectivity index (χ1) is 11.3. The van der Waals surface area contributed by atoms with Crippen LogP contribution in [0, 0.1) is 10.1 Å². The van der Waals surface area contributed by atoms with Crippen LogP contribution in [0.4, 0.5) is 5.69 Å². The fourth-order valence-corrected chi connectivity index (χ4v) is 91.7. The van der Waals surface area contributed by atoms with Crippen molar-refractivity contribution in [1.82, 2.24) is 0 Å². The van der Waals surface area contributed by atoms with Crippen molar-refractivity contribution in [2.24, 2.45) is 0 Å². The fraction of sp³-hybridized carbons (Fsp3) is 0.526. The van der Waals surface area contributed by atoms with Crippen LogP contribution < -0.4 is 0 Å². The molecule has 0 radical (unpaired) electrons. The summed E-state index contributed by atoms with van der Waals surface area (Å²) in [7, 11) is 0. The van der Waals surface area contributed by atoms with Crippen molar-refractivity contribution in [2.45, 2.75) is 47.7 Å². The molecule has 10 aliphatic rings. The van der Waals surface area contributed by atoms with Gasteiger partial charge in [0.05, 0.1) is 0 Å². The Morgan fingerprint density at radius 2 is 1.54 bits per heavy atom. The standard InChI is InChI=1S/C14H10NO3.C5H5.Fe/c16-14(12-3-1-2-4-12)10-7-11-5-8-13(9-6-11)15(17)18;1-2-4-5-3-1;/h1-10H;1-5H;. The molecule has 24 heavy (non-hydrogen) atoms. The van der Waals surface area contributed by atoms with Crippen LogP contribution in [0.15, 0.2) is 30.3 Å². The minimum absolute atomic E-state index is 0.106. The Hall–Kier alpha value is -1.45. The van der Waals surface area contributed by atoms with E-state index in [0.717, 1.165) is 15.2 Å². The van der Waals surface area contributed by atoms with Crippen LogP contribution in [-0.4, -0.2) is 10.7 Å². The van der Waals surface area contributed by atoms with Crippen LogP contribution in [0.2, 0.25) is 47.7 Å². The Kier molecular flexibility index (Phi) is 0.419. The van der Waals surface area contributed by atoms with Crippen molar-refractivity contribution >= 4 is 17.5 Å². The van der Waals surface area contributed by atoms with Gasteiger partial charge in [0.15, 0.2) is 0 Å². The number of carbonyl (C=O) groups is 1. The van der Waals surface area contributed by atoms with Crippen molar-refractivity contribution in [3.8, 4) is 0 Å². The van der Waals surface area contributed by atoms with Crippen LogP contribution >= 0.6 is 0 Å². The van der Waals surface area contributed by atoms with Gasteiger partial charge in [-0.3, -0.25) is 0 Å². The van der Waals surface area contributed by atoms with Gasteiger partial charge in [0.25, 0.3) is 0 Å². The van der Waals surface area contributed by atoms with E-state index < -0.39 is 6.51 Å². The maximum absolute atomic E-state index is 13.4. The number of nitrogens with zero attached hydrogens (tertiary/aromatic N) is 1. The zero-order valence-electron chi connectivity index (χ0n) is 12.7. The van der Waals surface area contributed by atoms with Gasteiger partial charge >= 0.3 is 127 Å². The molecule has 1 aromatic carbocycles. The van der Waals surface area contributed by atoms with Crippen LogP contribution in [0.3, 0.4) is 0 Å². The first-order valence-electron chi connectivity index (χ1n) is 9.03. The first-order valence-corrected chi connectivity index (χ1v) is 15.3. The van der Waals surface area contributed by atoms with Crippen molar-refractivity contribution in [3.63, 3.8) is 0 Å². The average Bonchev–Trinajstić information content (AvgIpc) is 3.53. The Balaban J connectivity index is 1.09. The van der Waals surface area contributed by atoms with E-state index in [1.165, 1.54) is 45.8 Å². The molecule has 10 aliphatic heterocycles. The molecular weight excluding hydrogens is 346 g/mol. The molecule has 0 aliphatic carbocycles. The summed E-state index contributed by atoms with van der Waals surface area (Å²) in [5.74, 6) is 0.507. The zero-order chi connectivity index (χ0) is 15.6. The predicted octanol–water partition coefficient (Wildman–Crippen LogP) is 4.94. The SMILES string of the molecule is O=C(C=Cc1ccc([N+](=O)[O-])cc1)[C]12[CH]3[CH]4[CH]5[CH]1[Fe]45321678[CH]2[CH]1[CH]6[CH]7[CH]28. The molecule has 4 atom stereocenters. The summed E-state index contributed by atoms with van der Waals surface area (Å²) >= 11 is 0. The molecule has 10 fully saturated rings. The number of carbonyl (C=O) groups excluding carboxylic acids is 1. The summed E-state index contributed by atoms with van der Waals surface area (Å²) in [6.07, 6.45) is 3.79. The normalized spacial score (nSPS) is 87.8. The number of hydrogen-bond donors (Lipinski definition) is 0. The fourth-order valence-electron chi connectivity index (χ4n) is 17.9. The molecule has 4 nitrogen and oxygen atoms in total. The second-order valence-corrected chi connectivity index (χ2v) is 35.8. The van der Waals surface area contributed by atoms with Crippen LogP contribution in [0.1, 0.15) is 5.56 Å². The third-order valence-corrected chi connectivity index (χ3v) is 58.9. The summed E-state index contributed by atoms with van der Waals surface area (Å²) in [6, 6.07) is 6.55. The van der Waals surface area contributed by atoms with Crippen LogP contribution in [0.5, 0.6) is 0 Å². The van der Waals surface area contributed by atoms with E-state index in [4.69, 9.17) is 0 Å². The van der Waals surface area contributed by atoms with E-state index in [1.54, 1.807) is 12.1 Å². The van der Waals surface area contributed by atoms with Gasteiger partial charge in [-0.25, -0.2) is 0 Å². The molecule has 0 bridgehead atoms. The van der Waals surface area contributed by atoms with Gasteiger partial charge in [0, 0.05) is 0 Å². The van der Waals surface area contributed by atoms with Crippen LogP contribution in [-0.2, 0) is 11.3 Å². The number of ketones is 1. The molecule has 5 heteroatoms. The number of hydrogen-bond acceptors (Lipinski definition) is 3. The quantitative estimate of drug-likeness (QED) is 0.330. The molecule has 0 N–H and O–H groups in total. The van der Waals surface area contributed by atoms with E-state index in [-0.39, 0.29) is 14.9 Å². The number of nitro benzene ring substituents is 1. The molecule has 4 unspecified atom stereocenters. The number of fused-ring (bicyclic) bond motifs is 10. The monoisotopic (exact) mass is 361 g/mol. The number of rotatable bonds is 4. The molecule has 11 rings (SSSR count). The summed E-state index contributed by atoms with van der Waals surface area (Å²) in [5.41, 5.74) is 1.01. The molecule has 10 heterocycles. The molecular formula is C19H15FeNO3. The molecule has 122 valence electrons. The third kappa shape index (κ3) is 0.140. The first kappa shape index (κ1) is 9.88. The Labute approximate surface area is 127 Å². The van der Waals surface area contributed by atoms with Gasteiger partial charge in [-0.1, -0.05) is 0 Å². The number of nitro groups is 1. The third-order valence-electron chi connectivity index (χ3n) is 16.6. The average molecular weight is 361 g/mol. The Morgan fingerprint density at radius 1 is 1.00 bits per heavy atom. The van der Waals surface area contributed by atoms with Gasteiger partial charge in [0.2, 0.25) is 0 Å². The van der Waals surface area contributed by atoms with Gasteiger partial charge in [0.1, 0.15) is 0 Å². The molecule has 0 amide bonds. The molecule has 0 aromatic heterocycles. The van der Waals surface area contributed by atoms with E-state index >= 15 is 0 Å². The van der Waals surface area contributed by atoms with Crippen molar-refractivity contribution in [3.05, 3.63) is 46.0 Å². The maximum atomic E-state index is 13.4. The van der Waals surface area contributed by atoms with Gasteiger partial charge in [-0.05, 0) is 0 Å². The van der Waals surface area contributed by atoms with E-state index in [9.17, 15) is 14.9 Å². The number of allylic oxidation sites excluding steroid dienone is 1. The zero-order valence-corrected chi connectivity index (χ0v) is 13.8. The Bertz CT molecular complexity index is 1350. The minimum atomic E-state index is -3.31. The molecule has 1 spiro atoms. The summed E-state index contributed by atoms with van der Waals surface area (Å²) in [4.78, 5) is 34.0. The molecule has 10 saturated heterocycles. The number of non-ortho nitro benzene ring substituents is 1. The topological polar surface area (TPSA) is 60.2 Å². The summed E-state index contributed by atoms with van der Waals surface area (Å²) in [6.45, 7) is -3.31. The second kappa shape index (κ2) is 1.02. The van der Waals surface area contributed by atoms with Crippen molar-refractivity contribution < 1.29 is 16.2 Å². The van der Waals surface area contributed by atoms with Crippen LogP contribution in [0.25, 0.3) is 6.08 Å². The second-order valence-electron chi connectivity index (χ2n) is 12.2. The summed E-state index contributed by atoms with van der Waals surface area (Å²) in [5, 5.41) is 10.7.